The fourth-order valence-electron chi connectivity index (χ4n) is 1.95. The van der Waals surface area contributed by atoms with Crippen LogP contribution in [0.3, 0.4) is 0 Å². The first-order valence-electron chi connectivity index (χ1n) is 6.54. The molecule has 0 fully saturated rings. The van der Waals surface area contributed by atoms with Gasteiger partial charge in [0, 0.05) is 22.9 Å². The number of rotatable bonds is 4. The number of nitrogens with zero attached hydrogens (tertiary/aromatic N) is 3. The molecule has 2 aromatic rings. The molecule has 1 amide bonds. The Balaban J connectivity index is 2.24. The van der Waals surface area contributed by atoms with E-state index in [1.54, 1.807) is 17.2 Å². The molecule has 21 heavy (non-hydrogen) atoms. The molecule has 0 aliphatic carbocycles. The SMILES string of the molecule is CCN(Cc1cccc(C)n1)C(=O)c1cc(Br)cnc1Cl. The molecule has 0 spiro atoms. The molecule has 0 unspecified atom stereocenters. The van der Waals surface area contributed by atoms with Crippen LogP contribution in [-0.2, 0) is 6.54 Å². The summed E-state index contributed by atoms with van der Waals surface area (Å²) >= 11 is 9.33. The maximum absolute atomic E-state index is 12.6. The molecule has 0 atom stereocenters. The summed E-state index contributed by atoms with van der Waals surface area (Å²) in [5.74, 6) is -0.153. The van der Waals surface area contributed by atoms with Crippen LogP contribution < -0.4 is 0 Å². The van der Waals surface area contributed by atoms with Gasteiger partial charge in [-0.15, -0.1) is 0 Å². The van der Waals surface area contributed by atoms with Crippen molar-refractivity contribution in [3.8, 4) is 0 Å². The van der Waals surface area contributed by atoms with Crippen LogP contribution >= 0.6 is 27.5 Å². The van der Waals surface area contributed by atoms with Crippen molar-refractivity contribution in [1.82, 2.24) is 14.9 Å². The fraction of sp³-hybridized carbons (Fsp3) is 0.267. The molecule has 6 heteroatoms. The monoisotopic (exact) mass is 367 g/mol. The van der Waals surface area contributed by atoms with Gasteiger partial charge in [-0.3, -0.25) is 9.78 Å². The minimum Gasteiger partial charge on any atom is -0.333 e. The lowest BCUT2D eigenvalue weighted by molar-refractivity contribution is 0.0750. The Labute approximate surface area is 137 Å². The van der Waals surface area contributed by atoms with Crippen LogP contribution in [-0.4, -0.2) is 27.3 Å². The van der Waals surface area contributed by atoms with Gasteiger partial charge in [0.1, 0.15) is 5.15 Å². The Morgan fingerprint density at radius 2 is 2.19 bits per heavy atom. The Bertz CT molecular complexity index is 663. The zero-order valence-electron chi connectivity index (χ0n) is 11.8. The van der Waals surface area contributed by atoms with Gasteiger partial charge in [-0.05, 0) is 48.0 Å². The number of halogens is 2. The van der Waals surface area contributed by atoms with Crippen LogP contribution in [0.2, 0.25) is 5.15 Å². The van der Waals surface area contributed by atoms with E-state index in [9.17, 15) is 4.79 Å². The van der Waals surface area contributed by atoms with E-state index in [-0.39, 0.29) is 11.1 Å². The minimum absolute atomic E-state index is 0.153. The summed E-state index contributed by atoms with van der Waals surface area (Å²) < 4.78 is 0.722. The average Bonchev–Trinajstić information content (AvgIpc) is 2.46. The molecule has 0 aliphatic rings. The number of carbonyl (C=O) groups excluding carboxylic acids is 1. The van der Waals surface area contributed by atoms with Crippen LogP contribution in [0.1, 0.15) is 28.7 Å². The molecule has 0 N–H and O–H groups in total. The quantitative estimate of drug-likeness (QED) is 0.770. The van der Waals surface area contributed by atoms with Gasteiger partial charge in [-0.2, -0.15) is 0 Å². The lowest BCUT2D eigenvalue weighted by Gasteiger charge is -2.21. The summed E-state index contributed by atoms with van der Waals surface area (Å²) in [5, 5.41) is 0.207. The van der Waals surface area contributed by atoms with Gasteiger partial charge in [0.25, 0.3) is 5.91 Å². The maximum Gasteiger partial charge on any atom is 0.257 e. The Kier molecular flexibility index (Phi) is 5.31. The Morgan fingerprint density at radius 1 is 1.43 bits per heavy atom. The third kappa shape index (κ3) is 4.02. The van der Waals surface area contributed by atoms with E-state index in [4.69, 9.17) is 11.6 Å². The number of aromatic nitrogens is 2. The first kappa shape index (κ1) is 15.9. The van der Waals surface area contributed by atoms with E-state index in [1.165, 1.54) is 0 Å². The number of carbonyl (C=O) groups is 1. The van der Waals surface area contributed by atoms with Crippen molar-refractivity contribution in [2.45, 2.75) is 20.4 Å². The molecule has 0 saturated heterocycles. The van der Waals surface area contributed by atoms with E-state index in [1.807, 2.05) is 32.0 Å². The molecule has 2 aromatic heterocycles. The predicted molar refractivity (Wildman–Crippen MR) is 86.3 cm³/mol. The zero-order valence-corrected chi connectivity index (χ0v) is 14.1. The number of pyridine rings is 2. The van der Waals surface area contributed by atoms with Gasteiger partial charge in [-0.25, -0.2) is 4.98 Å². The molecule has 4 nitrogen and oxygen atoms in total. The summed E-state index contributed by atoms with van der Waals surface area (Å²) in [7, 11) is 0. The lowest BCUT2D eigenvalue weighted by Crippen LogP contribution is -2.31. The van der Waals surface area contributed by atoms with E-state index in [0.717, 1.165) is 15.9 Å². The van der Waals surface area contributed by atoms with E-state index in [0.29, 0.717) is 18.7 Å². The molecule has 2 heterocycles. The van der Waals surface area contributed by atoms with Crippen molar-refractivity contribution in [1.29, 1.82) is 0 Å². The van der Waals surface area contributed by atoms with Crippen LogP contribution in [0.4, 0.5) is 0 Å². The number of amides is 1. The molecule has 2 rings (SSSR count). The fourth-order valence-corrected chi connectivity index (χ4v) is 2.47. The largest absolute Gasteiger partial charge is 0.333 e. The van der Waals surface area contributed by atoms with Crippen LogP contribution in [0, 0.1) is 6.92 Å². The maximum atomic E-state index is 12.6. The second-order valence-electron chi connectivity index (χ2n) is 4.58. The standard InChI is InChI=1S/C15H15BrClN3O/c1-3-20(9-12-6-4-5-10(2)19-12)15(21)13-7-11(16)8-18-14(13)17/h4-8H,3,9H2,1-2H3. The molecular weight excluding hydrogens is 354 g/mol. The van der Waals surface area contributed by atoms with E-state index >= 15 is 0 Å². The normalized spacial score (nSPS) is 10.5. The smallest absolute Gasteiger partial charge is 0.257 e. The van der Waals surface area contributed by atoms with Gasteiger partial charge in [0.2, 0.25) is 0 Å². The summed E-state index contributed by atoms with van der Waals surface area (Å²) in [4.78, 5) is 22.7. The molecule has 0 radical (unpaired) electrons. The van der Waals surface area contributed by atoms with Crippen LogP contribution in [0.25, 0.3) is 0 Å². The third-order valence-corrected chi connectivity index (χ3v) is 3.74. The predicted octanol–water partition coefficient (Wildman–Crippen LogP) is 3.86. The van der Waals surface area contributed by atoms with Crippen molar-refractivity contribution in [3.63, 3.8) is 0 Å². The molecule has 0 aliphatic heterocycles. The summed E-state index contributed by atoms with van der Waals surface area (Å²) in [5.41, 5.74) is 2.17. The van der Waals surface area contributed by atoms with Gasteiger partial charge in [0.15, 0.2) is 0 Å². The molecule has 0 saturated carbocycles. The van der Waals surface area contributed by atoms with Crippen molar-refractivity contribution in [2.75, 3.05) is 6.54 Å². The molecule has 110 valence electrons. The lowest BCUT2D eigenvalue weighted by atomic mass is 10.2. The summed E-state index contributed by atoms with van der Waals surface area (Å²) in [6, 6.07) is 7.45. The highest BCUT2D eigenvalue weighted by atomic mass is 79.9. The van der Waals surface area contributed by atoms with Crippen molar-refractivity contribution >= 4 is 33.4 Å². The van der Waals surface area contributed by atoms with Gasteiger partial charge in [0.05, 0.1) is 17.8 Å². The van der Waals surface area contributed by atoms with Crippen molar-refractivity contribution < 1.29 is 4.79 Å². The second-order valence-corrected chi connectivity index (χ2v) is 5.86. The second kappa shape index (κ2) is 7.00. The van der Waals surface area contributed by atoms with Crippen LogP contribution in [0.15, 0.2) is 34.9 Å². The van der Waals surface area contributed by atoms with Crippen molar-refractivity contribution in [2.24, 2.45) is 0 Å². The summed E-state index contributed by atoms with van der Waals surface area (Å²) in [6.45, 7) is 4.86. The highest BCUT2D eigenvalue weighted by Crippen LogP contribution is 2.20. The molecular formula is C15H15BrClN3O. The van der Waals surface area contributed by atoms with E-state index < -0.39 is 0 Å². The first-order chi connectivity index (χ1) is 10.0. The van der Waals surface area contributed by atoms with Gasteiger partial charge < -0.3 is 4.90 Å². The van der Waals surface area contributed by atoms with E-state index in [2.05, 4.69) is 25.9 Å². The first-order valence-corrected chi connectivity index (χ1v) is 7.71. The van der Waals surface area contributed by atoms with Crippen LogP contribution in [0.5, 0.6) is 0 Å². The Morgan fingerprint density at radius 3 is 2.86 bits per heavy atom. The number of hydrogen-bond acceptors (Lipinski definition) is 3. The topological polar surface area (TPSA) is 46.1 Å². The highest BCUT2D eigenvalue weighted by Gasteiger charge is 2.19. The number of hydrogen-bond donors (Lipinski definition) is 0. The zero-order chi connectivity index (χ0) is 15.4. The van der Waals surface area contributed by atoms with Gasteiger partial charge >= 0.3 is 0 Å². The molecule has 0 aromatic carbocycles. The Hall–Kier alpha value is -1.46. The van der Waals surface area contributed by atoms with Crippen molar-refractivity contribution in [3.05, 3.63) is 57.0 Å². The minimum atomic E-state index is -0.153. The number of aryl methyl sites for hydroxylation is 1. The molecule has 0 bridgehead atoms. The summed E-state index contributed by atoms with van der Waals surface area (Å²) in [6.07, 6.45) is 1.57. The van der Waals surface area contributed by atoms with Gasteiger partial charge in [-0.1, -0.05) is 17.7 Å². The average molecular weight is 369 g/mol. The third-order valence-electron chi connectivity index (χ3n) is 3.00. The highest BCUT2D eigenvalue weighted by molar-refractivity contribution is 9.10.